The fraction of sp³-hybridized carbons (Fsp3) is 0.0145. The largest absolute Gasteiger partial charge is 0.310 e. The van der Waals surface area contributed by atoms with Gasteiger partial charge < -0.3 is 4.90 Å². The zero-order valence-corrected chi connectivity index (χ0v) is 38.3. The van der Waals surface area contributed by atoms with Crippen molar-refractivity contribution in [1.82, 2.24) is 0 Å². The maximum Gasteiger partial charge on any atom is 0.0726 e. The van der Waals surface area contributed by atoms with E-state index in [0.29, 0.717) is 0 Å². The number of hydrogen-bond acceptors (Lipinski definition) is 1. The zero-order chi connectivity index (χ0) is 45.9. The van der Waals surface area contributed by atoms with Crippen LogP contribution in [-0.2, 0) is 5.41 Å². The molecular formula is C69H43N. The van der Waals surface area contributed by atoms with Crippen molar-refractivity contribution in [2.75, 3.05) is 4.90 Å². The first-order valence-electron chi connectivity index (χ1n) is 24.4. The zero-order valence-electron chi connectivity index (χ0n) is 38.3. The van der Waals surface area contributed by atoms with Gasteiger partial charge in [0.25, 0.3) is 0 Å². The van der Waals surface area contributed by atoms with Gasteiger partial charge in [0.05, 0.1) is 11.1 Å². The Labute approximate surface area is 406 Å². The Morgan fingerprint density at radius 2 is 0.700 bits per heavy atom. The molecule has 0 saturated heterocycles. The lowest BCUT2D eigenvalue weighted by atomic mass is 9.70. The van der Waals surface area contributed by atoms with Gasteiger partial charge in [-0.1, -0.05) is 218 Å². The van der Waals surface area contributed by atoms with Gasteiger partial charge in [-0.3, -0.25) is 0 Å². The predicted octanol–water partition coefficient (Wildman–Crippen LogP) is 18.6. The lowest BCUT2D eigenvalue weighted by molar-refractivity contribution is 0.794. The Balaban J connectivity index is 1.00. The number of benzene rings is 13. The number of nitrogens with zero attached hydrogens (tertiary/aromatic N) is 1. The average Bonchev–Trinajstić information content (AvgIpc) is 3.90. The third-order valence-corrected chi connectivity index (χ3v) is 15.6. The van der Waals surface area contributed by atoms with Crippen LogP contribution in [0, 0.1) is 0 Å². The third-order valence-electron chi connectivity index (χ3n) is 15.6. The third kappa shape index (κ3) is 5.49. The van der Waals surface area contributed by atoms with Crippen molar-refractivity contribution in [3.05, 3.63) is 283 Å². The number of fused-ring (bicyclic) bond motifs is 19. The molecule has 13 aromatic rings. The Morgan fingerprint density at radius 1 is 0.229 bits per heavy atom. The van der Waals surface area contributed by atoms with Gasteiger partial charge in [0.1, 0.15) is 0 Å². The van der Waals surface area contributed by atoms with Crippen LogP contribution in [0.15, 0.2) is 261 Å². The summed E-state index contributed by atoms with van der Waals surface area (Å²) in [6, 6.07) is 97.7. The van der Waals surface area contributed by atoms with E-state index in [1.54, 1.807) is 0 Å². The summed E-state index contributed by atoms with van der Waals surface area (Å²) in [5.74, 6) is 0. The molecule has 1 spiro atoms. The second-order valence-corrected chi connectivity index (χ2v) is 19.1. The first-order valence-corrected chi connectivity index (χ1v) is 24.4. The van der Waals surface area contributed by atoms with Crippen LogP contribution in [0.2, 0.25) is 0 Å². The molecule has 0 radical (unpaired) electrons. The van der Waals surface area contributed by atoms with E-state index in [0.717, 1.165) is 22.6 Å². The number of anilines is 3. The summed E-state index contributed by atoms with van der Waals surface area (Å²) in [5.41, 5.74) is 18.1. The first-order chi connectivity index (χ1) is 34.7. The molecule has 2 aliphatic rings. The molecule has 0 saturated carbocycles. The Morgan fingerprint density at radius 3 is 1.36 bits per heavy atom. The van der Waals surface area contributed by atoms with E-state index in [-0.39, 0.29) is 0 Å². The van der Waals surface area contributed by atoms with E-state index in [2.05, 4.69) is 266 Å². The second-order valence-electron chi connectivity index (χ2n) is 19.1. The molecule has 324 valence electrons. The molecule has 0 N–H and O–H groups in total. The van der Waals surface area contributed by atoms with Crippen LogP contribution in [0.5, 0.6) is 0 Å². The molecule has 0 aliphatic heterocycles. The van der Waals surface area contributed by atoms with Gasteiger partial charge in [-0.25, -0.2) is 0 Å². The van der Waals surface area contributed by atoms with Gasteiger partial charge in [0.15, 0.2) is 0 Å². The highest BCUT2D eigenvalue weighted by atomic mass is 15.1. The summed E-state index contributed by atoms with van der Waals surface area (Å²) in [5, 5.41) is 12.7. The van der Waals surface area contributed by atoms with Crippen LogP contribution in [0.3, 0.4) is 0 Å². The van der Waals surface area contributed by atoms with Crippen molar-refractivity contribution >= 4 is 70.9 Å². The highest BCUT2D eigenvalue weighted by Crippen LogP contribution is 2.64. The molecule has 13 aromatic carbocycles. The van der Waals surface area contributed by atoms with Crippen molar-refractivity contribution in [2.24, 2.45) is 0 Å². The van der Waals surface area contributed by atoms with Gasteiger partial charge in [-0.15, -0.1) is 0 Å². The number of hydrogen-bond donors (Lipinski definition) is 0. The molecule has 0 amide bonds. The predicted molar refractivity (Wildman–Crippen MR) is 296 cm³/mol. The fourth-order valence-electron chi connectivity index (χ4n) is 12.6. The molecule has 0 bridgehead atoms. The molecule has 0 atom stereocenters. The molecule has 2 aliphatic carbocycles. The summed E-state index contributed by atoms with van der Waals surface area (Å²) in [6.07, 6.45) is 0. The normalized spacial score (nSPS) is 13.0. The Kier molecular flexibility index (Phi) is 8.35. The van der Waals surface area contributed by atoms with Gasteiger partial charge >= 0.3 is 0 Å². The maximum atomic E-state index is 2.56. The quantitative estimate of drug-likeness (QED) is 0.156. The van der Waals surface area contributed by atoms with E-state index < -0.39 is 5.41 Å². The molecule has 70 heavy (non-hydrogen) atoms. The first kappa shape index (κ1) is 39.0. The molecule has 15 rings (SSSR count). The average molecular weight is 886 g/mol. The van der Waals surface area contributed by atoms with Crippen LogP contribution in [0.1, 0.15) is 22.3 Å². The van der Waals surface area contributed by atoms with Gasteiger partial charge in [0.2, 0.25) is 0 Å². The highest BCUT2D eigenvalue weighted by Gasteiger charge is 2.52. The SMILES string of the molecule is c1ccc(N(c2ccc3c4ccccc4c4ccccc4c3c2)c2cc3c(cc2-c2ccc(-c4ccc5c(ccc6ccccc65)c4)cc2)-c2ccccc2C32c3ccccc3-c3ccccc32)cc1. The maximum absolute atomic E-state index is 2.56. The van der Waals surface area contributed by atoms with Crippen molar-refractivity contribution < 1.29 is 0 Å². The van der Waals surface area contributed by atoms with E-state index >= 15 is 0 Å². The number of rotatable bonds is 5. The summed E-state index contributed by atoms with van der Waals surface area (Å²) in [7, 11) is 0. The van der Waals surface area contributed by atoms with E-state index in [1.165, 1.54) is 115 Å². The lowest BCUT2D eigenvalue weighted by Gasteiger charge is -2.33. The molecule has 1 heteroatoms. The van der Waals surface area contributed by atoms with Crippen LogP contribution in [0.25, 0.3) is 98.4 Å². The van der Waals surface area contributed by atoms with Crippen molar-refractivity contribution in [3.8, 4) is 44.5 Å². The minimum Gasteiger partial charge on any atom is -0.310 e. The van der Waals surface area contributed by atoms with Crippen molar-refractivity contribution in [2.45, 2.75) is 5.41 Å². The van der Waals surface area contributed by atoms with Gasteiger partial charge in [-0.2, -0.15) is 0 Å². The summed E-state index contributed by atoms with van der Waals surface area (Å²) in [4.78, 5) is 2.52. The van der Waals surface area contributed by atoms with E-state index in [1.807, 2.05) is 0 Å². The van der Waals surface area contributed by atoms with Gasteiger partial charge in [-0.05, 0) is 158 Å². The smallest absolute Gasteiger partial charge is 0.0726 e. The Hall–Kier alpha value is -9.04. The molecule has 0 unspecified atom stereocenters. The monoisotopic (exact) mass is 885 g/mol. The number of para-hydroxylation sites is 1. The standard InChI is InChI=1S/C69H43N/c1-2-17-49(18-3-1)70(50-37-39-57-55-22-7-6-20-53(55)54-21-8-9-23-56(54)62(57)41-50)68-43-67-63(60-26-12-15-29-66(60)69(67)64-27-13-10-24-58(64)59-25-11-14-28-65(59)69)42-61(68)46-32-30-44(31-33-46)47-36-38-52-48(40-47)35-34-45-16-4-5-19-51(45)52/h1-43H. The lowest BCUT2D eigenvalue weighted by Crippen LogP contribution is -2.26. The van der Waals surface area contributed by atoms with Crippen LogP contribution in [0.4, 0.5) is 17.1 Å². The molecular weight excluding hydrogens is 843 g/mol. The minimum absolute atomic E-state index is 0.501. The topological polar surface area (TPSA) is 3.24 Å². The minimum atomic E-state index is -0.501. The molecule has 0 fully saturated rings. The van der Waals surface area contributed by atoms with Crippen molar-refractivity contribution in [3.63, 3.8) is 0 Å². The molecule has 1 nitrogen and oxygen atoms in total. The van der Waals surface area contributed by atoms with E-state index in [4.69, 9.17) is 0 Å². The van der Waals surface area contributed by atoms with Gasteiger partial charge in [0, 0.05) is 16.9 Å². The van der Waals surface area contributed by atoms with Crippen LogP contribution >= 0.6 is 0 Å². The van der Waals surface area contributed by atoms with Crippen LogP contribution < -0.4 is 4.90 Å². The fourth-order valence-corrected chi connectivity index (χ4v) is 12.6. The summed E-state index contributed by atoms with van der Waals surface area (Å²) < 4.78 is 0. The summed E-state index contributed by atoms with van der Waals surface area (Å²) >= 11 is 0. The molecule has 0 aromatic heterocycles. The highest BCUT2D eigenvalue weighted by molar-refractivity contribution is 6.26. The van der Waals surface area contributed by atoms with E-state index in [9.17, 15) is 0 Å². The summed E-state index contributed by atoms with van der Waals surface area (Å²) in [6.45, 7) is 0. The van der Waals surface area contributed by atoms with Crippen molar-refractivity contribution in [1.29, 1.82) is 0 Å². The molecule has 0 heterocycles. The second kappa shape index (κ2) is 15.0. The Bertz CT molecular complexity index is 4210. The van der Waals surface area contributed by atoms with Crippen LogP contribution in [-0.4, -0.2) is 0 Å².